The number of hydrogen-bond acceptors (Lipinski definition) is 5. The van der Waals surface area contributed by atoms with Crippen molar-refractivity contribution in [2.75, 3.05) is 13.7 Å². The van der Waals surface area contributed by atoms with Crippen molar-refractivity contribution in [1.29, 1.82) is 0 Å². The maximum atomic E-state index is 11.5. The molecule has 0 atom stereocenters. The van der Waals surface area contributed by atoms with Crippen LogP contribution in [0.5, 0.6) is 11.5 Å². The molecule has 1 N–H and O–H groups in total. The van der Waals surface area contributed by atoms with Gasteiger partial charge in [-0.25, -0.2) is 4.79 Å². The van der Waals surface area contributed by atoms with E-state index in [1.165, 1.54) is 20.0 Å². The molecule has 8 heteroatoms. The lowest BCUT2D eigenvalue weighted by molar-refractivity contribution is -0.129. The number of carboxylic acids is 1. The minimum Gasteiger partial charge on any atom is -0.492 e. The fourth-order valence-corrected chi connectivity index (χ4v) is 3.04. The van der Waals surface area contributed by atoms with Gasteiger partial charge in [-0.3, -0.25) is 0 Å². The van der Waals surface area contributed by atoms with E-state index in [1.807, 2.05) is 0 Å². The summed E-state index contributed by atoms with van der Waals surface area (Å²) in [7, 11) is 1.29. The molecule has 0 bridgehead atoms. The van der Waals surface area contributed by atoms with E-state index < -0.39 is 5.97 Å². The lowest BCUT2D eigenvalue weighted by atomic mass is 10.0. The number of nitrogens with zero attached hydrogens (tertiary/aromatic N) is 1. The van der Waals surface area contributed by atoms with Gasteiger partial charge in [0.05, 0.1) is 16.7 Å². The largest absolute Gasteiger partial charge is 0.492 e. The SMILES string of the molecule is CON=C(C(=O)O)c1ccccc1COc1cc(OCC2CC2)c(Cl)cc1Cl. The van der Waals surface area contributed by atoms with Crippen LogP contribution in [0, 0.1) is 5.92 Å². The van der Waals surface area contributed by atoms with Gasteiger partial charge in [0.2, 0.25) is 0 Å². The summed E-state index contributed by atoms with van der Waals surface area (Å²) in [5.74, 6) is 0.285. The molecule has 0 unspecified atom stereocenters. The second-order valence-electron chi connectivity index (χ2n) is 6.34. The predicted molar refractivity (Wildman–Crippen MR) is 107 cm³/mol. The standard InChI is InChI=1S/C20H19Cl2NO5/c1-26-23-19(20(24)25)14-5-3-2-4-13(14)11-28-18-9-17(15(21)8-16(18)22)27-10-12-6-7-12/h2-5,8-9,12H,6-7,10-11H2,1H3,(H,24,25). The number of ether oxygens (including phenoxy) is 2. The Morgan fingerprint density at radius 1 is 1.14 bits per heavy atom. The van der Waals surface area contributed by atoms with Crippen molar-refractivity contribution < 1.29 is 24.2 Å². The highest BCUT2D eigenvalue weighted by molar-refractivity contribution is 6.42. The lowest BCUT2D eigenvalue weighted by Gasteiger charge is -2.14. The molecule has 2 aromatic rings. The van der Waals surface area contributed by atoms with E-state index in [1.54, 1.807) is 36.4 Å². The van der Waals surface area contributed by atoms with Gasteiger partial charge in [-0.1, -0.05) is 52.6 Å². The van der Waals surface area contributed by atoms with E-state index in [4.69, 9.17) is 32.7 Å². The number of benzene rings is 2. The highest BCUT2D eigenvalue weighted by Crippen LogP contribution is 2.38. The van der Waals surface area contributed by atoms with E-state index >= 15 is 0 Å². The molecule has 0 aromatic heterocycles. The van der Waals surface area contributed by atoms with Crippen molar-refractivity contribution in [3.05, 3.63) is 57.6 Å². The average molecular weight is 424 g/mol. The van der Waals surface area contributed by atoms with Crippen LogP contribution in [-0.4, -0.2) is 30.5 Å². The first-order valence-electron chi connectivity index (χ1n) is 8.67. The van der Waals surface area contributed by atoms with E-state index in [0.29, 0.717) is 45.2 Å². The van der Waals surface area contributed by atoms with Crippen molar-refractivity contribution in [1.82, 2.24) is 0 Å². The topological polar surface area (TPSA) is 77.4 Å². The van der Waals surface area contributed by atoms with Crippen LogP contribution in [0.4, 0.5) is 0 Å². The summed E-state index contributed by atoms with van der Waals surface area (Å²) < 4.78 is 11.6. The molecule has 0 radical (unpaired) electrons. The van der Waals surface area contributed by atoms with Crippen LogP contribution in [0.15, 0.2) is 41.6 Å². The molecule has 6 nitrogen and oxygen atoms in total. The molecule has 1 aliphatic rings. The fourth-order valence-electron chi connectivity index (χ4n) is 2.55. The number of rotatable bonds is 9. The van der Waals surface area contributed by atoms with Crippen molar-refractivity contribution in [3.8, 4) is 11.5 Å². The van der Waals surface area contributed by atoms with Gasteiger partial charge in [-0.05, 0) is 30.4 Å². The molecular weight excluding hydrogens is 405 g/mol. The summed E-state index contributed by atoms with van der Waals surface area (Å²) >= 11 is 12.4. The predicted octanol–water partition coefficient (Wildman–Crippen LogP) is 4.80. The number of hydrogen-bond donors (Lipinski definition) is 1. The summed E-state index contributed by atoms with van der Waals surface area (Å²) in [6.07, 6.45) is 2.33. The second kappa shape index (κ2) is 9.17. The fraction of sp³-hybridized carbons (Fsp3) is 0.300. The minimum atomic E-state index is -1.20. The van der Waals surface area contributed by atoms with Crippen LogP contribution in [0.1, 0.15) is 24.0 Å². The highest BCUT2D eigenvalue weighted by atomic mass is 35.5. The third kappa shape index (κ3) is 5.09. The van der Waals surface area contributed by atoms with Crippen molar-refractivity contribution in [2.45, 2.75) is 19.4 Å². The van der Waals surface area contributed by atoms with E-state index in [0.717, 1.165) is 0 Å². The molecule has 1 fully saturated rings. The Hall–Kier alpha value is -2.44. The zero-order chi connectivity index (χ0) is 20.1. The summed E-state index contributed by atoms with van der Waals surface area (Å²) in [4.78, 5) is 16.1. The number of halogens is 2. The van der Waals surface area contributed by atoms with Gasteiger partial charge >= 0.3 is 5.97 Å². The Bertz CT molecular complexity index is 896. The minimum absolute atomic E-state index is 0.0790. The Labute approximate surface area is 172 Å². The van der Waals surface area contributed by atoms with Gasteiger partial charge in [0, 0.05) is 11.6 Å². The molecule has 28 heavy (non-hydrogen) atoms. The zero-order valence-corrected chi connectivity index (χ0v) is 16.7. The monoisotopic (exact) mass is 423 g/mol. The molecule has 2 aromatic carbocycles. The van der Waals surface area contributed by atoms with Gasteiger partial charge in [0.1, 0.15) is 25.2 Å². The van der Waals surface area contributed by atoms with Gasteiger partial charge in [-0.2, -0.15) is 0 Å². The third-order valence-electron chi connectivity index (χ3n) is 4.20. The number of oxime groups is 1. The molecule has 0 aliphatic heterocycles. The maximum Gasteiger partial charge on any atom is 0.358 e. The average Bonchev–Trinajstić information content (AvgIpc) is 3.49. The van der Waals surface area contributed by atoms with Crippen LogP contribution >= 0.6 is 23.2 Å². The van der Waals surface area contributed by atoms with Crippen LogP contribution < -0.4 is 9.47 Å². The van der Waals surface area contributed by atoms with E-state index in [-0.39, 0.29) is 12.3 Å². The third-order valence-corrected chi connectivity index (χ3v) is 4.79. The van der Waals surface area contributed by atoms with Crippen LogP contribution in [0.2, 0.25) is 10.0 Å². The summed E-state index contributed by atoms with van der Waals surface area (Å²) in [5.41, 5.74) is 0.802. The second-order valence-corrected chi connectivity index (χ2v) is 7.16. The highest BCUT2D eigenvalue weighted by Gasteiger charge is 2.23. The first-order valence-corrected chi connectivity index (χ1v) is 9.42. The van der Waals surface area contributed by atoms with Gasteiger partial charge in [0.15, 0.2) is 5.71 Å². The molecule has 0 heterocycles. The molecule has 3 rings (SSSR count). The molecule has 148 valence electrons. The Morgan fingerprint density at radius 2 is 1.82 bits per heavy atom. The van der Waals surface area contributed by atoms with Gasteiger partial charge in [-0.15, -0.1) is 0 Å². The number of aliphatic carboxylic acids is 1. The van der Waals surface area contributed by atoms with Crippen LogP contribution in [-0.2, 0) is 16.2 Å². The summed E-state index contributed by atoms with van der Waals surface area (Å²) in [6, 6.07) is 10.1. The van der Waals surface area contributed by atoms with E-state index in [9.17, 15) is 9.90 Å². The van der Waals surface area contributed by atoms with Crippen molar-refractivity contribution in [3.63, 3.8) is 0 Å². The quantitative estimate of drug-likeness (QED) is 0.463. The maximum absolute atomic E-state index is 11.5. The smallest absolute Gasteiger partial charge is 0.358 e. The number of carboxylic acid groups (broad SMARTS) is 1. The van der Waals surface area contributed by atoms with Crippen LogP contribution in [0.3, 0.4) is 0 Å². The molecule has 0 amide bonds. The Balaban J connectivity index is 1.79. The molecule has 0 saturated heterocycles. The number of carbonyl (C=O) groups is 1. The lowest BCUT2D eigenvalue weighted by Crippen LogP contribution is -2.17. The molecule has 0 spiro atoms. The van der Waals surface area contributed by atoms with Crippen molar-refractivity contribution >= 4 is 34.9 Å². The normalized spacial score (nSPS) is 13.9. The van der Waals surface area contributed by atoms with Crippen LogP contribution in [0.25, 0.3) is 0 Å². The zero-order valence-electron chi connectivity index (χ0n) is 15.2. The Morgan fingerprint density at radius 3 is 2.46 bits per heavy atom. The molecular formula is C20H19Cl2NO5. The summed E-state index contributed by atoms with van der Waals surface area (Å²) in [6.45, 7) is 0.689. The first-order chi connectivity index (χ1) is 13.5. The van der Waals surface area contributed by atoms with Gasteiger partial charge in [0.25, 0.3) is 0 Å². The van der Waals surface area contributed by atoms with Gasteiger partial charge < -0.3 is 19.4 Å². The first kappa shape index (κ1) is 20.3. The Kier molecular flexibility index (Phi) is 6.65. The molecule has 1 aliphatic carbocycles. The summed E-state index contributed by atoms with van der Waals surface area (Å²) in [5, 5.41) is 13.7. The van der Waals surface area contributed by atoms with E-state index in [2.05, 4.69) is 9.99 Å². The molecule has 1 saturated carbocycles. The van der Waals surface area contributed by atoms with Crippen molar-refractivity contribution in [2.24, 2.45) is 11.1 Å².